The highest BCUT2D eigenvalue weighted by Crippen LogP contribution is 2.31. The highest BCUT2D eigenvalue weighted by Gasteiger charge is 2.33. The van der Waals surface area contributed by atoms with Crippen molar-refractivity contribution in [3.8, 4) is 5.75 Å². The van der Waals surface area contributed by atoms with E-state index in [1.807, 2.05) is 79.7 Å². The average molecular weight is 578 g/mol. The summed E-state index contributed by atoms with van der Waals surface area (Å²) in [5.74, 6) is 0.371. The van der Waals surface area contributed by atoms with Gasteiger partial charge in [0.1, 0.15) is 12.4 Å². The minimum atomic E-state index is -0.625. The Hall–Kier alpha value is -4.69. The van der Waals surface area contributed by atoms with Gasteiger partial charge in [-0.25, -0.2) is 9.79 Å². The summed E-state index contributed by atoms with van der Waals surface area (Å²) in [6.45, 7) is 6.98. The third-order valence-corrected chi connectivity index (χ3v) is 8.34. The maximum atomic E-state index is 14.1. The van der Waals surface area contributed by atoms with Crippen LogP contribution in [0.1, 0.15) is 36.6 Å². The second kappa shape index (κ2) is 11.7. The van der Waals surface area contributed by atoms with Crippen LogP contribution in [0.3, 0.4) is 0 Å². The smallest absolute Gasteiger partial charge is 0.338 e. The van der Waals surface area contributed by atoms with E-state index in [2.05, 4.69) is 22.9 Å². The highest BCUT2D eigenvalue weighted by atomic mass is 32.1. The lowest BCUT2D eigenvalue weighted by atomic mass is 9.95. The van der Waals surface area contributed by atoms with E-state index in [0.717, 1.165) is 33.3 Å². The maximum Gasteiger partial charge on any atom is 0.338 e. The average Bonchev–Trinajstić information content (AvgIpc) is 3.50. The van der Waals surface area contributed by atoms with Gasteiger partial charge in [0.25, 0.3) is 5.56 Å². The molecule has 1 aliphatic heterocycles. The van der Waals surface area contributed by atoms with Crippen molar-refractivity contribution < 1.29 is 14.3 Å². The first-order valence-electron chi connectivity index (χ1n) is 14.0. The van der Waals surface area contributed by atoms with Gasteiger partial charge in [0.2, 0.25) is 0 Å². The SMILES string of the molecule is CCOC(=O)C1=C(C)N=c2s/c(=C/c3cn(CCOc4ccccc4)c4ccccc34)c(=O)n2[C@H]1c1ccc(C)cc1. The number of allylic oxidation sites excluding steroid dienone is 1. The summed E-state index contributed by atoms with van der Waals surface area (Å²) in [6.07, 6.45) is 3.99. The number of hydrogen-bond donors (Lipinski definition) is 0. The molecule has 0 saturated carbocycles. The van der Waals surface area contributed by atoms with Crippen molar-refractivity contribution in [3.05, 3.63) is 133 Å². The Kier molecular flexibility index (Phi) is 7.63. The van der Waals surface area contributed by atoms with Crippen molar-refractivity contribution >= 4 is 34.3 Å². The molecule has 6 rings (SSSR count). The van der Waals surface area contributed by atoms with Crippen molar-refractivity contribution in [1.29, 1.82) is 0 Å². The first-order valence-corrected chi connectivity index (χ1v) is 14.8. The van der Waals surface area contributed by atoms with Crippen LogP contribution >= 0.6 is 11.3 Å². The van der Waals surface area contributed by atoms with Crippen LogP contribution in [0.4, 0.5) is 0 Å². The first-order chi connectivity index (χ1) is 20.4. The van der Waals surface area contributed by atoms with Gasteiger partial charge in [0, 0.05) is 22.7 Å². The summed E-state index contributed by atoms with van der Waals surface area (Å²) in [7, 11) is 0. The lowest BCUT2D eigenvalue weighted by molar-refractivity contribution is -0.139. The van der Waals surface area contributed by atoms with Crippen LogP contribution in [0.2, 0.25) is 0 Å². The summed E-state index contributed by atoms with van der Waals surface area (Å²) >= 11 is 1.33. The van der Waals surface area contributed by atoms with Crippen LogP contribution in [0.5, 0.6) is 5.75 Å². The van der Waals surface area contributed by atoms with Crippen LogP contribution in [0.15, 0.2) is 106 Å². The number of rotatable bonds is 8. The summed E-state index contributed by atoms with van der Waals surface area (Å²) < 4.78 is 15.7. The van der Waals surface area contributed by atoms with Crippen LogP contribution in [0, 0.1) is 6.92 Å². The van der Waals surface area contributed by atoms with Gasteiger partial charge >= 0.3 is 5.97 Å². The van der Waals surface area contributed by atoms with Crippen LogP contribution < -0.4 is 19.6 Å². The molecule has 0 bridgehead atoms. The molecule has 8 heteroatoms. The summed E-state index contributed by atoms with van der Waals surface area (Å²) in [5, 5.41) is 1.04. The standard InChI is InChI=1S/C34H31N3O4S/c1-4-40-33(39)30-23(3)35-34-37(31(30)24-16-14-22(2)15-17-24)32(38)29(42-34)20-25-21-36(28-13-9-8-12-27(25)28)18-19-41-26-10-6-5-7-11-26/h5-17,20-21,31H,4,18-19H2,1-3H3/b29-20+/t31-/m0/s1. The Bertz CT molecular complexity index is 1980. The number of carbonyl (C=O) groups is 1. The minimum Gasteiger partial charge on any atom is -0.492 e. The topological polar surface area (TPSA) is 74.8 Å². The van der Waals surface area contributed by atoms with Crippen molar-refractivity contribution in [2.45, 2.75) is 33.4 Å². The molecule has 2 aromatic heterocycles. The number of nitrogens with zero attached hydrogens (tertiary/aromatic N) is 3. The molecule has 0 N–H and O–H groups in total. The number of ether oxygens (including phenoxy) is 2. The number of carbonyl (C=O) groups excluding carboxylic acids is 1. The van der Waals surface area contributed by atoms with Gasteiger partial charge in [0.05, 0.1) is 35.0 Å². The predicted molar refractivity (Wildman–Crippen MR) is 165 cm³/mol. The van der Waals surface area contributed by atoms with Gasteiger partial charge in [-0.3, -0.25) is 9.36 Å². The quantitative estimate of drug-likeness (QED) is 0.240. The first kappa shape index (κ1) is 27.5. The van der Waals surface area contributed by atoms with Crippen LogP contribution in [-0.4, -0.2) is 28.3 Å². The van der Waals surface area contributed by atoms with Gasteiger partial charge in [-0.05, 0) is 50.6 Å². The van der Waals surface area contributed by atoms with Crippen LogP contribution in [-0.2, 0) is 16.1 Å². The number of hydrogen-bond acceptors (Lipinski definition) is 6. The molecule has 1 aliphatic rings. The zero-order chi connectivity index (χ0) is 29.2. The largest absolute Gasteiger partial charge is 0.492 e. The molecule has 7 nitrogen and oxygen atoms in total. The normalized spacial score (nSPS) is 15.0. The van der Waals surface area contributed by atoms with E-state index in [-0.39, 0.29) is 12.2 Å². The number of benzene rings is 3. The molecule has 1 atom stereocenters. The maximum absolute atomic E-state index is 14.1. The molecular weight excluding hydrogens is 546 g/mol. The molecule has 0 aliphatic carbocycles. The minimum absolute atomic E-state index is 0.192. The molecular formula is C34H31N3O4S. The molecule has 5 aromatic rings. The van der Waals surface area contributed by atoms with Crippen molar-refractivity contribution in [2.24, 2.45) is 4.99 Å². The fraction of sp³-hybridized carbons (Fsp3) is 0.206. The summed E-state index contributed by atoms with van der Waals surface area (Å²) in [6, 6.07) is 25.2. The van der Waals surface area contributed by atoms with Gasteiger partial charge in [0.15, 0.2) is 4.80 Å². The Labute approximate surface area is 247 Å². The van der Waals surface area contributed by atoms with Gasteiger partial charge in [-0.2, -0.15) is 0 Å². The lowest BCUT2D eigenvalue weighted by Crippen LogP contribution is -2.39. The fourth-order valence-electron chi connectivity index (χ4n) is 5.35. The van der Waals surface area contributed by atoms with E-state index >= 15 is 0 Å². The van der Waals surface area contributed by atoms with Crippen LogP contribution in [0.25, 0.3) is 17.0 Å². The van der Waals surface area contributed by atoms with E-state index in [1.54, 1.807) is 18.4 Å². The molecule has 42 heavy (non-hydrogen) atoms. The molecule has 3 heterocycles. The molecule has 0 unspecified atom stereocenters. The number of fused-ring (bicyclic) bond motifs is 2. The second-order valence-electron chi connectivity index (χ2n) is 10.2. The zero-order valence-electron chi connectivity index (χ0n) is 23.7. The van der Waals surface area contributed by atoms with E-state index in [9.17, 15) is 9.59 Å². The number of aryl methyl sites for hydroxylation is 1. The number of esters is 1. The second-order valence-corrected chi connectivity index (χ2v) is 11.2. The molecule has 0 saturated heterocycles. The van der Waals surface area contributed by atoms with E-state index in [0.29, 0.717) is 33.8 Å². The van der Waals surface area contributed by atoms with Crippen molar-refractivity contribution in [2.75, 3.05) is 13.2 Å². The zero-order valence-corrected chi connectivity index (χ0v) is 24.6. The Balaban J connectivity index is 1.43. The van der Waals surface area contributed by atoms with E-state index in [1.165, 1.54) is 11.3 Å². The Morgan fingerprint density at radius 3 is 2.50 bits per heavy atom. The van der Waals surface area contributed by atoms with Gasteiger partial charge in [-0.15, -0.1) is 0 Å². The molecule has 212 valence electrons. The fourth-order valence-corrected chi connectivity index (χ4v) is 6.39. The molecule has 0 fully saturated rings. The van der Waals surface area contributed by atoms with E-state index in [4.69, 9.17) is 14.5 Å². The molecule has 3 aromatic carbocycles. The third kappa shape index (κ3) is 5.21. The molecule has 0 amide bonds. The third-order valence-electron chi connectivity index (χ3n) is 7.36. The van der Waals surface area contributed by atoms with Crippen molar-refractivity contribution in [1.82, 2.24) is 9.13 Å². The monoisotopic (exact) mass is 577 g/mol. The highest BCUT2D eigenvalue weighted by molar-refractivity contribution is 7.07. The Morgan fingerprint density at radius 2 is 1.74 bits per heavy atom. The van der Waals surface area contributed by atoms with Crippen molar-refractivity contribution in [3.63, 3.8) is 0 Å². The molecule has 0 radical (unpaired) electrons. The summed E-state index contributed by atoms with van der Waals surface area (Å²) in [5.41, 5.74) is 4.67. The molecule has 0 spiro atoms. The predicted octanol–water partition coefficient (Wildman–Crippen LogP) is 5.14. The Morgan fingerprint density at radius 1 is 1.00 bits per heavy atom. The van der Waals surface area contributed by atoms with Gasteiger partial charge < -0.3 is 14.0 Å². The van der Waals surface area contributed by atoms with Gasteiger partial charge in [-0.1, -0.05) is 77.6 Å². The summed E-state index contributed by atoms with van der Waals surface area (Å²) in [4.78, 5) is 32.4. The number of para-hydroxylation sites is 2. The van der Waals surface area contributed by atoms with E-state index < -0.39 is 12.0 Å². The lowest BCUT2D eigenvalue weighted by Gasteiger charge is -2.24. The number of aromatic nitrogens is 2. The number of thiazole rings is 1.